The summed E-state index contributed by atoms with van der Waals surface area (Å²) in [6.45, 7) is 4.24. The summed E-state index contributed by atoms with van der Waals surface area (Å²) >= 11 is 0. The maximum absolute atomic E-state index is 2.35. The van der Waals surface area contributed by atoms with E-state index in [1.165, 1.54) is 16.8 Å². The lowest BCUT2D eigenvalue weighted by Gasteiger charge is -2.23. The van der Waals surface area contributed by atoms with Gasteiger partial charge in [0.05, 0.1) is 6.04 Å². The monoisotopic (exact) mass is 239 g/mol. The molecule has 0 amide bonds. The van der Waals surface area contributed by atoms with Gasteiger partial charge in [-0.1, -0.05) is 60.2 Å². The Morgan fingerprint density at radius 1 is 1.22 bits per heavy atom. The first kappa shape index (κ1) is 12.7. The molecule has 0 N–H and O–H groups in total. The van der Waals surface area contributed by atoms with Gasteiger partial charge in [-0.3, -0.25) is 0 Å². The second kappa shape index (κ2) is 5.72. The highest BCUT2D eigenvalue weighted by molar-refractivity contribution is 5.66. The van der Waals surface area contributed by atoms with Gasteiger partial charge in [0.1, 0.15) is 0 Å². The van der Waals surface area contributed by atoms with Crippen molar-refractivity contribution in [2.45, 2.75) is 26.3 Å². The third-order valence-electron chi connectivity index (χ3n) is 3.26. The average Bonchev–Trinajstić information content (AvgIpc) is 2.72. The molecular formula is C17H21N. The molecule has 0 bridgehead atoms. The van der Waals surface area contributed by atoms with Crippen LogP contribution >= 0.6 is 0 Å². The fourth-order valence-electron chi connectivity index (χ4n) is 2.23. The lowest BCUT2D eigenvalue weighted by atomic mass is 10.1. The van der Waals surface area contributed by atoms with Crippen LogP contribution in [0.2, 0.25) is 0 Å². The van der Waals surface area contributed by atoms with Crippen LogP contribution < -0.4 is 0 Å². The standard InChI is InChI=1S/C17H21N/c1-14(2)8-7-11-16-12-13-17(18(16)3)15-9-5-4-6-10-15/h4-11,13,16H,12H2,1-3H3/b11-7-. The number of likely N-dealkylation sites (N-methyl/N-ethyl adjacent to an activating group) is 1. The van der Waals surface area contributed by atoms with Gasteiger partial charge in [0, 0.05) is 12.7 Å². The summed E-state index contributed by atoms with van der Waals surface area (Å²) in [7, 11) is 2.17. The summed E-state index contributed by atoms with van der Waals surface area (Å²) in [5, 5.41) is 0. The summed E-state index contributed by atoms with van der Waals surface area (Å²) < 4.78 is 0. The van der Waals surface area contributed by atoms with Gasteiger partial charge in [0.2, 0.25) is 0 Å². The van der Waals surface area contributed by atoms with Crippen molar-refractivity contribution in [1.29, 1.82) is 0 Å². The summed E-state index contributed by atoms with van der Waals surface area (Å²) in [5.41, 5.74) is 3.98. The van der Waals surface area contributed by atoms with Crippen LogP contribution in [-0.4, -0.2) is 18.0 Å². The molecule has 0 spiro atoms. The highest BCUT2D eigenvalue weighted by Gasteiger charge is 2.20. The van der Waals surface area contributed by atoms with Gasteiger partial charge in [-0.05, 0) is 25.8 Å². The van der Waals surface area contributed by atoms with E-state index in [1.807, 2.05) is 0 Å². The van der Waals surface area contributed by atoms with Crippen LogP contribution in [-0.2, 0) is 0 Å². The van der Waals surface area contributed by atoms with E-state index in [-0.39, 0.29) is 0 Å². The lowest BCUT2D eigenvalue weighted by Crippen LogP contribution is -2.23. The minimum Gasteiger partial charge on any atom is -0.368 e. The Balaban J connectivity index is 2.07. The topological polar surface area (TPSA) is 3.24 Å². The van der Waals surface area contributed by atoms with Crippen molar-refractivity contribution in [2.24, 2.45) is 0 Å². The van der Waals surface area contributed by atoms with Gasteiger partial charge >= 0.3 is 0 Å². The predicted molar refractivity (Wildman–Crippen MR) is 79.2 cm³/mol. The van der Waals surface area contributed by atoms with Crippen LogP contribution in [0.4, 0.5) is 0 Å². The van der Waals surface area contributed by atoms with E-state index >= 15 is 0 Å². The molecule has 0 fully saturated rings. The van der Waals surface area contributed by atoms with Gasteiger partial charge in [-0.2, -0.15) is 0 Å². The van der Waals surface area contributed by atoms with Crippen LogP contribution in [0.15, 0.2) is 60.2 Å². The fraction of sp³-hybridized carbons (Fsp3) is 0.294. The first-order valence-electron chi connectivity index (χ1n) is 6.48. The molecule has 1 aliphatic rings. The van der Waals surface area contributed by atoms with E-state index < -0.39 is 0 Å². The van der Waals surface area contributed by atoms with E-state index in [9.17, 15) is 0 Å². The van der Waals surface area contributed by atoms with E-state index in [4.69, 9.17) is 0 Å². The third kappa shape index (κ3) is 2.92. The minimum atomic E-state index is 0.482. The Bertz CT molecular complexity index is 476. The Labute approximate surface area is 110 Å². The third-order valence-corrected chi connectivity index (χ3v) is 3.26. The number of allylic oxidation sites excluding steroid dienone is 3. The second-order valence-electron chi connectivity index (χ2n) is 5.00. The fourth-order valence-corrected chi connectivity index (χ4v) is 2.23. The number of benzene rings is 1. The Kier molecular flexibility index (Phi) is 4.03. The second-order valence-corrected chi connectivity index (χ2v) is 5.00. The molecule has 0 aliphatic carbocycles. The predicted octanol–water partition coefficient (Wildman–Crippen LogP) is 4.25. The smallest absolute Gasteiger partial charge is 0.0508 e. The molecule has 1 aromatic carbocycles. The average molecular weight is 239 g/mol. The lowest BCUT2D eigenvalue weighted by molar-refractivity contribution is 0.434. The molecule has 2 rings (SSSR count). The maximum atomic E-state index is 2.35. The molecule has 0 aromatic heterocycles. The zero-order valence-corrected chi connectivity index (χ0v) is 11.4. The molecular weight excluding hydrogens is 218 g/mol. The zero-order chi connectivity index (χ0) is 13.0. The number of hydrogen-bond donors (Lipinski definition) is 0. The van der Waals surface area contributed by atoms with E-state index in [1.54, 1.807) is 0 Å². The Morgan fingerprint density at radius 2 is 1.94 bits per heavy atom. The quantitative estimate of drug-likeness (QED) is 0.713. The molecule has 94 valence electrons. The molecule has 1 nitrogen and oxygen atoms in total. The molecule has 1 aliphatic heterocycles. The van der Waals surface area contributed by atoms with Crippen molar-refractivity contribution < 1.29 is 0 Å². The summed E-state index contributed by atoms with van der Waals surface area (Å²) in [5.74, 6) is 0. The molecule has 1 atom stereocenters. The van der Waals surface area contributed by atoms with E-state index in [0.717, 1.165) is 6.42 Å². The van der Waals surface area contributed by atoms with Gasteiger partial charge in [-0.15, -0.1) is 0 Å². The maximum Gasteiger partial charge on any atom is 0.0508 e. The molecule has 0 radical (unpaired) electrons. The molecule has 0 saturated heterocycles. The van der Waals surface area contributed by atoms with Crippen LogP contribution in [0.25, 0.3) is 5.70 Å². The van der Waals surface area contributed by atoms with Crippen molar-refractivity contribution in [3.05, 3.63) is 65.8 Å². The van der Waals surface area contributed by atoms with Gasteiger partial charge < -0.3 is 4.90 Å². The number of hydrogen-bond acceptors (Lipinski definition) is 1. The Morgan fingerprint density at radius 3 is 2.61 bits per heavy atom. The van der Waals surface area contributed by atoms with Crippen molar-refractivity contribution in [2.75, 3.05) is 7.05 Å². The molecule has 1 aromatic rings. The first-order valence-corrected chi connectivity index (χ1v) is 6.48. The van der Waals surface area contributed by atoms with Crippen LogP contribution in [0.5, 0.6) is 0 Å². The Hall–Kier alpha value is -1.76. The molecule has 1 heteroatoms. The van der Waals surface area contributed by atoms with E-state index in [2.05, 4.69) is 80.4 Å². The van der Waals surface area contributed by atoms with Crippen molar-refractivity contribution >= 4 is 5.70 Å². The van der Waals surface area contributed by atoms with Gasteiger partial charge in [0.25, 0.3) is 0 Å². The molecule has 1 heterocycles. The summed E-state index contributed by atoms with van der Waals surface area (Å²) in [6, 6.07) is 11.1. The van der Waals surface area contributed by atoms with Gasteiger partial charge in [-0.25, -0.2) is 0 Å². The minimum absolute atomic E-state index is 0.482. The number of rotatable bonds is 3. The van der Waals surface area contributed by atoms with Crippen molar-refractivity contribution in [3.63, 3.8) is 0 Å². The van der Waals surface area contributed by atoms with Gasteiger partial charge in [0.15, 0.2) is 0 Å². The normalized spacial score (nSPS) is 19.2. The highest BCUT2D eigenvalue weighted by atomic mass is 15.2. The number of nitrogens with zero attached hydrogens (tertiary/aromatic N) is 1. The first-order chi connectivity index (χ1) is 8.68. The van der Waals surface area contributed by atoms with Crippen LogP contribution in [0.1, 0.15) is 25.8 Å². The summed E-state index contributed by atoms with van der Waals surface area (Å²) in [6.07, 6.45) is 10.0. The highest BCUT2D eigenvalue weighted by Crippen LogP contribution is 2.28. The molecule has 18 heavy (non-hydrogen) atoms. The zero-order valence-electron chi connectivity index (χ0n) is 11.4. The molecule has 1 unspecified atom stereocenters. The van der Waals surface area contributed by atoms with Crippen molar-refractivity contribution in [1.82, 2.24) is 4.90 Å². The summed E-state index contributed by atoms with van der Waals surface area (Å²) in [4.78, 5) is 2.35. The SMILES string of the molecule is CC(C)=C/C=C\C1CC=C(c2ccccc2)N1C. The van der Waals surface area contributed by atoms with Crippen molar-refractivity contribution in [3.8, 4) is 0 Å². The molecule has 0 saturated carbocycles. The largest absolute Gasteiger partial charge is 0.368 e. The van der Waals surface area contributed by atoms with Crippen LogP contribution in [0.3, 0.4) is 0 Å². The van der Waals surface area contributed by atoms with E-state index in [0.29, 0.717) is 6.04 Å². The van der Waals surface area contributed by atoms with Crippen LogP contribution in [0, 0.1) is 0 Å².